The van der Waals surface area contributed by atoms with Crippen LogP contribution in [-0.2, 0) is 0 Å². The minimum atomic E-state index is -0.237. The van der Waals surface area contributed by atoms with Gasteiger partial charge in [-0.15, -0.1) is 5.01 Å². The van der Waals surface area contributed by atoms with Gasteiger partial charge in [0, 0.05) is 5.56 Å². The minimum absolute atomic E-state index is 0.190. The molecule has 0 saturated carbocycles. The van der Waals surface area contributed by atoms with Gasteiger partial charge in [-0.1, -0.05) is 72.2 Å². The number of benzene rings is 3. The third-order valence-electron chi connectivity index (χ3n) is 4.09. The Bertz CT molecular complexity index is 788. The van der Waals surface area contributed by atoms with Gasteiger partial charge in [0.25, 0.3) is 0 Å². The SMILES string of the molecule is O=C1N(c2ccccc2)[N]C(c2ccccc2)[NH2+]N1c1ccccc1. The van der Waals surface area contributed by atoms with Crippen LogP contribution in [0.5, 0.6) is 0 Å². The third-order valence-corrected chi connectivity index (χ3v) is 4.09. The normalized spacial score (nSPS) is 17.6. The summed E-state index contributed by atoms with van der Waals surface area (Å²) in [5, 5.41) is 3.14. The van der Waals surface area contributed by atoms with E-state index in [0.717, 1.165) is 16.9 Å². The molecule has 0 aromatic heterocycles. The van der Waals surface area contributed by atoms with Gasteiger partial charge in [-0.05, 0) is 24.3 Å². The lowest BCUT2D eigenvalue weighted by molar-refractivity contribution is -0.708. The summed E-state index contributed by atoms with van der Waals surface area (Å²) in [5.41, 5.74) is 9.15. The largest absolute Gasteiger partial charge is 0.389 e. The van der Waals surface area contributed by atoms with Crippen molar-refractivity contribution in [3.8, 4) is 0 Å². The molecule has 1 radical (unpaired) electrons. The van der Waals surface area contributed by atoms with Crippen molar-refractivity contribution in [2.75, 3.05) is 10.0 Å². The Labute approximate surface area is 146 Å². The molecule has 0 bridgehead atoms. The van der Waals surface area contributed by atoms with Crippen molar-refractivity contribution in [1.82, 2.24) is 5.43 Å². The molecule has 1 atom stereocenters. The maximum atomic E-state index is 13.0. The lowest BCUT2D eigenvalue weighted by Gasteiger charge is -2.36. The Hall–Kier alpha value is -3.15. The van der Waals surface area contributed by atoms with Crippen LogP contribution in [0.1, 0.15) is 11.7 Å². The van der Waals surface area contributed by atoms with Gasteiger partial charge < -0.3 is 0 Å². The molecule has 1 heterocycles. The second-order valence-electron chi connectivity index (χ2n) is 5.76. The summed E-state index contributed by atoms with van der Waals surface area (Å²) in [6.45, 7) is 0. The topological polar surface area (TPSA) is 54.3 Å². The fourth-order valence-corrected chi connectivity index (χ4v) is 2.84. The molecule has 1 aliphatic heterocycles. The van der Waals surface area contributed by atoms with Crippen LogP contribution >= 0.6 is 0 Å². The Morgan fingerprint density at radius 1 is 0.720 bits per heavy atom. The van der Waals surface area contributed by atoms with Gasteiger partial charge in [-0.25, -0.2) is 10.2 Å². The molecule has 1 fully saturated rings. The number of carbonyl (C=O) groups excluding carboxylic acids is 1. The van der Waals surface area contributed by atoms with Gasteiger partial charge in [0.1, 0.15) is 0 Å². The lowest BCUT2D eigenvalue weighted by atomic mass is 10.2. The molecule has 5 heteroatoms. The molecule has 123 valence electrons. The number of amides is 2. The van der Waals surface area contributed by atoms with Crippen molar-refractivity contribution >= 4 is 17.4 Å². The van der Waals surface area contributed by atoms with Crippen LogP contribution in [0.2, 0.25) is 0 Å². The van der Waals surface area contributed by atoms with Gasteiger partial charge in [0.15, 0.2) is 0 Å². The summed E-state index contributed by atoms with van der Waals surface area (Å²) in [6.07, 6.45) is -0.237. The zero-order valence-electron chi connectivity index (χ0n) is 13.6. The number of quaternary nitrogens is 1. The summed E-state index contributed by atoms with van der Waals surface area (Å²) in [4.78, 5) is 13.0. The Morgan fingerprint density at radius 2 is 1.24 bits per heavy atom. The van der Waals surface area contributed by atoms with Crippen molar-refractivity contribution in [3.63, 3.8) is 0 Å². The summed E-state index contributed by atoms with van der Waals surface area (Å²) in [6, 6.07) is 28.9. The molecule has 1 unspecified atom stereocenters. The van der Waals surface area contributed by atoms with E-state index >= 15 is 0 Å². The van der Waals surface area contributed by atoms with E-state index < -0.39 is 0 Å². The van der Waals surface area contributed by atoms with Crippen LogP contribution in [0.3, 0.4) is 0 Å². The maximum Gasteiger partial charge on any atom is 0.389 e. The molecule has 5 nitrogen and oxygen atoms in total. The zero-order valence-corrected chi connectivity index (χ0v) is 13.6. The molecular formula is C20H18N4O+. The first-order valence-electron chi connectivity index (χ1n) is 8.17. The third kappa shape index (κ3) is 3.10. The monoisotopic (exact) mass is 330 g/mol. The molecule has 1 aliphatic rings. The van der Waals surface area contributed by atoms with E-state index in [4.69, 9.17) is 0 Å². The molecular weight excluding hydrogens is 312 g/mol. The van der Waals surface area contributed by atoms with E-state index in [1.807, 2.05) is 96.4 Å². The number of anilines is 2. The van der Waals surface area contributed by atoms with Crippen molar-refractivity contribution in [3.05, 3.63) is 96.6 Å². The van der Waals surface area contributed by atoms with E-state index in [0.29, 0.717) is 0 Å². The number of nitrogens with two attached hydrogens (primary N) is 1. The first-order chi connectivity index (χ1) is 12.3. The highest BCUT2D eigenvalue weighted by Crippen LogP contribution is 2.22. The van der Waals surface area contributed by atoms with Crippen LogP contribution in [0.4, 0.5) is 16.2 Å². The molecule has 4 rings (SSSR count). The highest BCUT2D eigenvalue weighted by Gasteiger charge is 2.38. The van der Waals surface area contributed by atoms with Crippen LogP contribution in [0.15, 0.2) is 91.0 Å². The maximum absolute atomic E-state index is 13.0. The second kappa shape index (κ2) is 6.76. The predicted molar refractivity (Wildman–Crippen MR) is 96.5 cm³/mol. The van der Waals surface area contributed by atoms with Crippen LogP contribution < -0.4 is 20.9 Å². The lowest BCUT2D eigenvalue weighted by Crippen LogP contribution is -3.02. The number of rotatable bonds is 3. The highest BCUT2D eigenvalue weighted by atomic mass is 16.2. The zero-order chi connectivity index (χ0) is 17.1. The van der Waals surface area contributed by atoms with E-state index in [-0.39, 0.29) is 12.2 Å². The average molecular weight is 330 g/mol. The standard InChI is InChI=1S/C20H17N4O/c25-20-23(17-12-6-2-7-13-17)21-19(16-10-4-1-5-11-16)22-24(20)18-14-8-3-9-15-18/h1-15,19,21H/p+1. The van der Waals surface area contributed by atoms with E-state index in [2.05, 4.69) is 5.43 Å². The molecule has 0 spiro atoms. The Kier molecular flexibility index (Phi) is 4.16. The number of hydrogen-bond donors (Lipinski definition) is 1. The molecule has 2 amide bonds. The van der Waals surface area contributed by atoms with Gasteiger partial charge in [-0.3, -0.25) is 0 Å². The predicted octanol–water partition coefficient (Wildman–Crippen LogP) is 2.83. The Morgan fingerprint density at radius 3 is 1.84 bits per heavy atom. The minimum Gasteiger partial charge on any atom is -0.241 e. The fourth-order valence-electron chi connectivity index (χ4n) is 2.84. The number of hydrogen-bond acceptors (Lipinski definition) is 1. The molecule has 3 aromatic carbocycles. The van der Waals surface area contributed by atoms with Crippen molar-refractivity contribution in [2.45, 2.75) is 6.17 Å². The van der Waals surface area contributed by atoms with Gasteiger partial charge >= 0.3 is 6.03 Å². The first kappa shape index (κ1) is 15.4. The van der Waals surface area contributed by atoms with Gasteiger partial charge in [0.05, 0.1) is 11.4 Å². The van der Waals surface area contributed by atoms with E-state index in [1.54, 1.807) is 5.01 Å². The summed E-state index contributed by atoms with van der Waals surface area (Å²) in [5.74, 6) is 0. The smallest absolute Gasteiger partial charge is 0.241 e. The number of carbonyl (C=O) groups is 1. The van der Waals surface area contributed by atoms with Crippen LogP contribution in [-0.4, -0.2) is 6.03 Å². The highest BCUT2D eigenvalue weighted by molar-refractivity contribution is 6.01. The van der Waals surface area contributed by atoms with Crippen molar-refractivity contribution in [1.29, 1.82) is 0 Å². The molecule has 3 aromatic rings. The molecule has 1 saturated heterocycles. The van der Waals surface area contributed by atoms with Gasteiger partial charge in [0.2, 0.25) is 6.17 Å². The molecule has 2 N–H and O–H groups in total. The van der Waals surface area contributed by atoms with Crippen molar-refractivity contribution in [2.24, 2.45) is 0 Å². The van der Waals surface area contributed by atoms with Crippen LogP contribution in [0.25, 0.3) is 0 Å². The van der Waals surface area contributed by atoms with Crippen LogP contribution in [0, 0.1) is 0 Å². The van der Waals surface area contributed by atoms with Gasteiger partial charge in [-0.2, -0.15) is 5.01 Å². The summed E-state index contributed by atoms with van der Waals surface area (Å²) in [7, 11) is 0. The number of urea groups is 1. The first-order valence-corrected chi connectivity index (χ1v) is 8.17. The Balaban J connectivity index is 1.73. The fraction of sp³-hybridized carbons (Fsp3) is 0.0500. The molecule has 0 aliphatic carbocycles. The summed E-state index contributed by atoms with van der Waals surface area (Å²) >= 11 is 0. The summed E-state index contributed by atoms with van der Waals surface area (Å²) < 4.78 is 0. The van der Waals surface area contributed by atoms with E-state index in [9.17, 15) is 4.79 Å². The van der Waals surface area contributed by atoms with E-state index in [1.165, 1.54) is 5.01 Å². The second-order valence-corrected chi connectivity index (χ2v) is 5.76. The van der Waals surface area contributed by atoms with Crippen molar-refractivity contribution < 1.29 is 10.2 Å². The number of nitrogens with zero attached hydrogens (tertiary/aromatic N) is 3. The average Bonchev–Trinajstić information content (AvgIpc) is 2.70. The quantitative estimate of drug-likeness (QED) is 0.583. The number of para-hydroxylation sites is 2. The molecule has 25 heavy (non-hydrogen) atoms.